The highest BCUT2D eigenvalue weighted by molar-refractivity contribution is 7.92. The van der Waals surface area contributed by atoms with Crippen molar-refractivity contribution in [2.45, 2.75) is 11.1 Å². The van der Waals surface area contributed by atoms with Gasteiger partial charge < -0.3 is 4.74 Å². The molecule has 0 atom stereocenters. The second kappa shape index (κ2) is 10.4. The minimum Gasteiger partial charge on any atom is -0.496 e. The first kappa shape index (κ1) is 28.5. The van der Waals surface area contributed by atoms with Gasteiger partial charge in [-0.3, -0.25) is 14.2 Å². The fourth-order valence-electron chi connectivity index (χ4n) is 3.08. The summed E-state index contributed by atoms with van der Waals surface area (Å²) in [6.07, 6.45) is -2.99. The second-order valence-corrected chi connectivity index (χ2v) is 11.7. The number of carbonyl (C=O) groups excluding carboxylic acids is 1. The van der Waals surface area contributed by atoms with Crippen LogP contribution in [0.1, 0.15) is 21.6 Å². The van der Waals surface area contributed by atoms with Crippen molar-refractivity contribution >= 4 is 60.4 Å². The first-order valence-electron chi connectivity index (χ1n) is 9.77. The van der Waals surface area contributed by atoms with Crippen LogP contribution in [0.25, 0.3) is 0 Å². The number of carbonyl (C=O) groups is 1. The fourth-order valence-corrected chi connectivity index (χ4v) is 5.10. The summed E-state index contributed by atoms with van der Waals surface area (Å²) in [6, 6.07) is 6.76. The normalized spacial score (nSPS) is 12.2. The number of aromatic nitrogens is 1. The molecule has 3 rings (SSSR count). The highest BCUT2D eigenvalue weighted by atomic mass is 35.5. The number of anilines is 2. The molecule has 0 aliphatic carbocycles. The summed E-state index contributed by atoms with van der Waals surface area (Å²) in [5, 5.41) is -0.804. The quantitative estimate of drug-likeness (QED) is 0.356. The van der Waals surface area contributed by atoms with Gasteiger partial charge in [-0.25, -0.2) is 21.8 Å². The standard InChI is InChI=1S/C21H16Cl2F3N3O6S2/c1-35-18-6-3-12(28-36(2,31)32)8-14(18)20(30)19-17(7-11(22)10-27-19)29-37(33,34)13-4-5-16(23)15(9-13)21(24,25)26/h3-10,28-29H,1-2H3. The van der Waals surface area contributed by atoms with Gasteiger partial charge in [-0.15, -0.1) is 0 Å². The third kappa shape index (κ3) is 6.83. The van der Waals surface area contributed by atoms with Gasteiger partial charge in [0.15, 0.2) is 0 Å². The van der Waals surface area contributed by atoms with Crippen LogP contribution < -0.4 is 14.2 Å². The van der Waals surface area contributed by atoms with Crippen molar-refractivity contribution in [3.8, 4) is 5.75 Å². The Kier molecular flexibility index (Phi) is 7.98. The van der Waals surface area contributed by atoms with Gasteiger partial charge in [0.2, 0.25) is 15.8 Å². The lowest BCUT2D eigenvalue weighted by Gasteiger charge is -2.15. The second-order valence-electron chi connectivity index (χ2n) is 7.41. The molecule has 0 saturated carbocycles. The Morgan fingerprint density at radius 2 is 1.68 bits per heavy atom. The van der Waals surface area contributed by atoms with Crippen molar-refractivity contribution < 1.29 is 39.5 Å². The molecular formula is C21H16Cl2F3N3O6S2. The number of halogens is 5. The Morgan fingerprint density at radius 1 is 1.00 bits per heavy atom. The molecule has 0 amide bonds. The lowest BCUT2D eigenvalue weighted by atomic mass is 10.0. The largest absolute Gasteiger partial charge is 0.496 e. The summed E-state index contributed by atoms with van der Waals surface area (Å²) in [4.78, 5) is 16.5. The highest BCUT2D eigenvalue weighted by Crippen LogP contribution is 2.36. The van der Waals surface area contributed by atoms with Gasteiger partial charge in [-0.1, -0.05) is 23.2 Å². The Labute approximate surface area is 219 Å². The summed E-state index contributed by atoms with van der Waals surface area (Å²) in [5.74, 6) is -0.905. The Balaban J connectivity index is 2.09. The smallest absolute Gasteiger partial charge is 0.417 e. The lowest BCUT2D eigenvalue weighted by molar-refractivity contribution is -0.137. The molecule has 0 fully saturated rings. The number of hydrogen-bond donors (Lipinski definition) is 2. The average molecular weight is 598 g/mol. The Hall–Kier alpha value is -3.07. The molecule has 1 heterocycles. The maximum absolute atomic E-state index is 13.4. The topological polar surface area (TPSA) is 132 Å². The van der Waals surface area contributed by atoms with Crippen molar-refractivity contribution in [3.63, 3.8) is 0 Å². The predicted octanol–water partition coefficient (Wildman–Crippen LogP) is 4.82. The number of pyridine rings is 1. The highest BCUT2D eigenvalue weighted by Gasteiger charge is 2.35. The molecule has 0 aliphatic rings. The van der Waals surface area contributed by atoms with Crippen LogP contribution in [0.15, 0.2) is 53.6 Å². The van der Waals surface area contributed by atoms with Crippen molar-refractivity contribution in [2.24, 2.45) is 0 Å². The molecule has 0 saturated heterocycles. The van der Waals surface area contributed by atoms with Crippen molar-refractivity contribution in [3.05, 3.63) is 75.5 Å². The van der Waals surface area contributed by atoms with Crippen LogP contribution in [0.4, 0.5) is 24.5 Å². The van der Waals surface area contributed by atoms with Crippen molar-refractivity contribution in [2.75, 3.05) is 22.8 Å². The van der Waals surface area contributed by atoms with Crippen LogP contribution in [0, 0.1) is 0 Å². The summed E-state index contributed by atoms with van der Waals surface area (Å²) >= 11 is 11.5. The lowest BCUT2D eigenvalue weighted by Crippen LogP contribution is -2.18. The number of ketones is 1. The number of hydrogen-bond acceptors (Lipinski definition) is 7. The molecular weight excluding hydrogens is 582 g/mol. The monoisotopic (exact) mass is 597 g/mol. The summed E-state index contributed by atoms with van der Waals surface area (Å²) in [5.41, 5.74) is -2.52. The SMILES string of the molecule is COc1ccc(NS(C)(=O)=O)cc1C(=O)c1ncc(Cl)cc1NS(=O)(=O)c1ccc(Cl)c(C(F)(F)F)c1. The van der Waals surface area contributed by atoms with Crippen LogP contribution in [-0.4, -0.2) is 41.0 Å². The van der Waals surface area contributed by atoms with Crippen LogP contribution in [-0.2, 0) is 26.2 Å². The number of methoxy groups -OCH3 is 1. The van der Waals surface area contributed by atoms with E-state index in [9.17, 15) is 34.8 Å². The van der Waals surface area contributed by atoms with Gasteiger partial charge in [0.25, 0.3) is 10.0 Å². The zero-order valence-electron chi connectivity index (χ0n) is 18.7. The first-order chi connectivity index (χ1) is 17.0. The minimum atomic E-state index is -4.93. The van der Waals surface area contributed by atoms with Crippen LogP contribution in [0.2, 0.25) is 10.0 Å². The molecule has 16 heteroatoms. The van der Waals surface area contributed by atoms with E-state index in [-0.39, 0.29) is 22.0 Å². The van der Waals surface area contributed by atoms with Gasteiger partial charge in [0.05, 0.1) is 45.1 Å². The Morgan fingerprint density at radius 3 is 2.27 bits per heavy atom. The summed E-state index contributed by atoms with van der Waals surface area (Å²) in [7, 11) is -7.16. The molecule has 2 N–H and O–H groups in total. The van der Waals surface area contributed by atoms with E-state index in [1.54, 1.807) is 0 Å². The van der Waals surface area contributed by atoms with Gasteiger partial charge in [0.1, 0.15) is 11.4 Å². The number of nitrogens with one attached hydrogen (secondary N) is 2. The van der Waals surface area contributed by atoms with E-state index < -0.39 is 58.9 Å². The molecule has 0 spiro atoms. The van der Waals surface area contributed by atoms with Gasteiger partial charge in [-0.2, -0.15) is 13.2 Å². The third-order valence-corrected chi connectivity index (χ3v) is 7.12. The van der Waals surface area contributed by atoms with E-state index in [0.29, 0.717) is 6.07 Å². The molecule has 198 valence electrons. The number of rotatable bonds is 8. The zero-order valence-corrected chi connectivity index (χ0v) is 21.9. The van der Waals surface area contributed by atoms with Gasteiger partial charge in [-0.05, 0) is 42.5 Å². The van der Waals surface area contributed by atoms with Crippen LogP contribution in [0.5, 0.6) is 5.75 Å². The molecule has 2 aromatic carbocycles. The van der Waals surface area contributed by atoms with E-state index in [4.69, 9.17) is 27.9 Å². The number of benzene rings is 2. The summed E-state index contributed by atoms with van der Waals surface area (Å²) in [6.45, 7) is 0. The molecule has 3 aromatic rings. The molecule has 0 unspecified atom stereocenters. The minimum absolute atomic E-state index is 0.00197. The Bertz CT molecular complexity index is 1600. The number of alkyl halides is 3. The van der Waals surface area contributed by atoms with E-state index in [0.717, 1.165) is 36.7 Å². The maximum atomic E-state index is 13.4. The van der Waals surface area contributed by atoms with Crippen molar-refractivity contribution in [1.29, 1.82) is 0 Å². The van der Waals surface area contributed by atoms with Gasteiger partial charge >= 0.3 is 6.18 Å². The summed E-state index contributed by atoms with van der Waals surface area (Å²) < 4.78 is 98.1. The number of sulfonamides is 2. The van der Waals surface area contributed by atoms with Crippen LogP contribution in [0.3, 0.4) is 0 Å². The molecule has 0 radical (unpaired) electrons. The van der Waals surface area contributed by atoms with E-state index in [1.807, 2.05) is 4.72 Å². The molecule has 9 nitrogen and oxygen atoms in total. The van der Waals surface area contributed by atoms with Crippen molar-refractivity contribution in [1.82, 2.24) is 4.98 Å². The number of nitrogens with zero attached hydrogens (tertiary/aromatic N) is 1. The average Bonchev–Trinajstić information content (AvgIpc) is 2.76. The molecule has 37 heavy (non-hydrogen) atoms. The van der Waals surface area contributed by atoms with E-state index >= 15 is 0 Å². The third-order valence-electron chi connectivity index (χ3n) is 4.61. The maximum Gasteiger partial charge on any atom is 0.417 e. The fraction of sp³-hybridized carbons (Fsp3) is 0.143. The molecule has 1 aromatic heterocycles. The zero-order chi connectivity index (χ0) is 27.8. The van der Waals surface area contributed by atoms with E-state index in [1.165, 1.54) is 19.2 Å². The molecule has 0 aliphatic heterocycles. The first-order valence-corrected chi connectivity index (χ1v) is 13.9. The number of ether oxygens (including phenoxy) is 1. The van der Waals surface area contributed by atoms with Crippen LogP contribution >= 0.6 is 23.2 Å². The molecule has 0 bridgehead atoms. The van der Waals surface area contributed by atoms with E-state index in [2.05, 4.69) is 9.71 Å². The predicted molar refractivity (Wildman–Crippen MR) is 131 cm³/mol. The van der Waals surface area contributed by atoms with Gasteiger partial charge in [0, 0.05) is 11.9 Å².